The van der Waals surface area contributed by atoms with Gasteiger partial charge >= 0.3 is 0 Å². The van der Waals surface area contributed by atoms with Gasteiger partial charge in [0.1, 0.15) is 0 Å². The first-order valence-corrected chi connectivity index (χ1v) is 6.16. The zero-order chi connectivity index (χ0) is 15.0. The van der Waals surface area contributed by atoms with E-state index in [1.807, 2.05) is 31.2 Å². The Morgan fingerprint density at radius 3 is 2.62 bits per heavy atom. The lowest BCUT2D eigenvalue weighted by Crippen LogP contribution is -2.03. The molecule has 0 unspecified atom stereocenters. The van der Waals surface area contributed by atoms with E-state index in [4.69, 9.17) is 5.73 Å². The highest BCUT2D eigenvalue weighted by Gasteiger charge is 2.16. The molecule has 0 saturated carbocycles. The molecule has 0 saturated heterocycles. The zero-order valence-corrected chi connectivity index (χ0v) is 11.1. The first kappa shape index (κ1) is 13.2. The van der Waals surface area contributed by atoms with Crippen molar-refractivity contribution in [1.29, 1.82) is 0 Å². The predicted octanol–water partition coefficient (Wildman–Crippen LogP) is 2.50. The van der Waals surface area contributed by atoms with Gasteiger partial charge in [-0.05, 0) is 41.1 Å². The van der Waals surface area contributed by atoms with Gasteiger partial charge in [0.25, 0.3) is 0 Å². The number of anilines is 1. The monoisotopic (exact) mass is 287 g/mol. The Morgan fingerprint density at radius 1 is 1.10 bits per heavy atom. The number of nitrogens with two attached hydrogens (primary N) is 1. The molecular weight excluding hydrogens is 276 g/mol. The van der Waals surface area contributed by atoms with Gasteiger partial charge < -0.3 is 5.73 Å². The molecule has 1 heterocycles. The van der Waals surface area contributed by atoms with Gasteiger partial charge in [0.2, 0.25) is 0 Å². The largest absolute Gasteiger partial charge is 0.398 e. The third-order valence-corrected chi connectivity index (χ3v) is 3.05. The minimum absolute atomic E-state index is 0.0672. The lowest BCUT2D eigenvalue weighted by Gasteiger charge is -2.08. The summed E-state index contributed by atoms with van der Waals surface area (Å²) < 4.78 is 28.0. The topological polar surface area (TPSA) is 69.6 Å². The van der Waals surface area contributed by atoms with Crippen molar-refractivity contribution in [3.05, 3.63) is 53.6 Å². The third-order valence-electron chi connectivity index (χ3n) is 3.05. The van der Waals surface area contributed by atoms with Crippen LogP contribution in [-0.4, -0.2) is 20.2 Å². The average Bonchev–Trinajstić information content (AvgIpc) is 2.92. The highest BCUT2D eigenvalue weighted by Crippen LogP contribution is 2.27. The number of halogens is 2. The summed E-state index contributed by atoms with van der Waals surface area (Å²) in [6, 6.07) is 9.37. The minimum Gasteiger partial charge on any atom is -0.398 e. The smallest absolute Gasteiger partial charge is 0.189 e. The average molecular weight is 287 g/mol. The maximum absolute atomic E-state index is 13.4. The Balaban J connectivity index is 2.18. The number of nitrogens with zero attached hydrogens (tertiary/aromatic N) is 4. The van der Waals surface area contributed by atoms with Crippen molar-refractivity contribution < 1.29 is 8.78 Å². The van der Waals surface area contributed by atoms with Crippen LogP contribution in [0.25, 0.3) is 17.1 Å². The Morgan fingerprint density at radius 2 is 1.86 bits per heavy atom. The molecule has 1 aromatic heterocycles. The van der Waals surface area contributed by atoms with E-state index in [2.05, 4.69) is 15.5 Å². The van der Waals surface area contributed by atoms with Gasteiger partial charge in [-0.25, -0.2) is 8.78 Å². The second-order valence-electron chi connectivity index (χ2n) is 4.61. The fourth-order valence-electron chi connectivity index (χ4n) is 2.04. The van der Waals surface area contributed by atoms with Crippen molar-refractivity contribution in [2.24, 2.45) is 0 Å². The number of hydrogen-bond acceptors (Lipinski definition) is 4. The van der Waals surface area contributed by atoms with Crippen molar-refractivity contribution in [3.63, 3.8) is 0 Å². The minimum atomic E-state index is -1.01. The molecule has 0 amide bonds. The van der Waals surface area contributed by atoms with Crippen molar-refractivity contribution in [2.75, 3.05) is 5.73 Å². The highest BCUT2D eigenvalue weighted by atomic mass is 19.2. The van der Waals surface area contributed by atoms with Crippen LogP contribution >= 0.6 is 0 Å². The van der Waals surface area contributed by atoms with Gasteiger partial charge in [0.05, 0.1) is 5.69 Å². The fraction of sp³-hybridized carbons (Fsp3) is 0.0714. The molecule has 0 fully saturated rings. The maximum atomic E-state index is 13.4. The molecule has 2 N–H and O–H groups in total. The summed E-state index contributed by atoms with van der Waals surface area (Å²) in [5.41, 5.74) is 7.77. The van der Waals surface area contributed by atoms with Crippen molar-refractivity contribution in [3.8, 4) is 17.1 Å². The van der Waals surface area contributed by atoms with E-state index in [1.54, 1.807) is 0 Å². The molecule has 2 aromatic carbocycles. The molecule has 0 spiro atoms. The van der Waals surface area contributed by atoms with Crippen LogP contribution in [0.1, 0.15) is 5.56 Å². The fourth-order valence-corrected chi connectivity index (χ4v) is 2.04. The van der Waals surface area contributed by atoms with Gasteiger partial charge in [0.15, 0.2) is 17.5 Å². The number of benzene rings is 2. The van der Waals surface area contributed by atoms with Crippen LogP contribution in [0, 0.1) is 18.6 Å². The lowest BCUT2D eigenvalue weighted by atomic mass is 10.1. The summed E-state index contributed by atoms with van der Waals surface area (Å²) >= 11 is 0. The number of aryl methyl sites for hydroxylation is 1. The summed E-state index contributed by atoms with van der Waals surface area (Å²) in [5, 5.41) is 11.3. The predicted molar refractivity (Wildman–Crippen MR) is 73.7 cm³/mol. The Labute approximate surface area is 119 Å². The molecule has 7 heteroatoms. The second kappa shape index (κ2) is 4.93. The van der Waals surface area contributed by atoms with E-state index in [0.29, 0.717) is 5.69 Å². The van der Waals surface area contributed by atoms with Crippen LogP contribution in [0.15, 0.2) is 36.4 Å². The number of rotatable bonds is 2. The SMILES string of the molecule is Cc1cccc(-n2nnnc2-c2cc(F)c(F)cc2N)c1. The maximum Gasteiger partial charge on any atom is 0.189 e. The van der Waals surface area contributed by atoms with Crippen LogP contribution in [0.4, 0.5) is 14.5 Å². The summed E-state index contributed by atoms with van der Waals surface area (Å²) in [6.07, 6.45) is 0. The van der Waals surface area contributed by atoms with Gasteiger partial charge in [-0.1, -0.05) is 12.1 Å². The van der Waals surface area contributed by atoms with Crippen LogP contribution in [0.3, 0.4) is 0 Å². The molecule has 21 heavy (non-hydrogen) atoms. The van der Waals surface area contributed by atoms with E-state index >= 15 is 0 Å². The van der Waals surface area contributed by atoms with Crippen molar-refractivity contribution >= 4 is 5.69 Å². The lowest BCUT2D eigenvalue weighted by molar-refractivity contribution is 0.509. The zero-order valence-electron chi connectivity index (χ0n) is 11.1. The van der Waals surface area contributed by atoms with Crippen LogP contribution in [-0.2, 0) is 0 Å². The van der Waals surface area contributed by atoms with Gasteiger partial charge in [-0.3, -0.25) is 0 Å². The van der Waals surface area contributed by atoms with Crippen LogP contribution in [0.2, 0.25) is 0 Å². The molecule has 106 valence electrons. The Hall–Kier alpha value is -2.83. The van der Waals surface area contributed by atoms with E-state index < -0.39 is 11.6 Å². The summed E-state index contributed by atoms with van der Waals surface area (Å²) in [5.74, 6) is -1.76. The quantitative estimate of drug-likeness (QED) is 0.735. The Bertz CT molecular complexity index is 813. The number of tetrazole rings is 1. The van der Waals surface area contributed by atoms with Crippen molar-refractivity contribution in [1.82, 2.24) is 20.2 Å². The van der Waals surface area contributed by atoms with E-state index in [-0.39, 0.29) is 17.1 Å². The first-order chi connectivity index (χ1) is 10.1. The van der Waals surface area contributed by atoms with E-state index in [0.717, 1.165) is 17.7 Å². The molecule has 0 aliphatic rings. The molecule has 5 nitrogen and oxygen atoms in total. The molecule has 0 atom stereocenters. The standard InChI is InChI=1S/C14H11F2N5/c1-8-3-2-4-9(5-8)21-14(18-19-20-21)10-6-11(15)12(16)7-13(10)17/h2-7H,17H2,1H3. The van der Waals surface area contributed by atoms with Gasteiger partial charge in [-0.2, -0.15) is 4.68 Å². The molecule has 3 aromatic rings. The molecule has 0 bridgehead atoms. The second-order valence-corrected chi connectivity index (χ2v) is 4.61. The van der Waals surface area contributed by atoms with Crippen LogP contribution in [0.5, 0.6) is 0 Å². The number of hydrogen-bond donors (Lipinski definition) is 1. The molecular formula is C14H11F2N5. The Kier molecular flexibility index (Phi) is 3.09. The van der Waals surface area contributed by atoms with Gasteiger partial charge in [-0.15, -0.1) is 5.10 Å². The number of aromatic nitrogens is 4. The highest BCUT2D eigenvalue weighted by molar-refractivity contribution is 5.72. The molecule has 0 aliphatic carbocycles. The van der Waals surface area contributed by atoms with Crippen molar-refractivity contribution in [2.45, 2.75) is 6.92 Å². The normalized spacial score (nSPS) is 10.8. The van der Waals surface area contributed by atoms with E-state index in [9.17, 15) is 8.78 Å². The van der Waals surface area contributed by atoms with E-state index in [1.165, 1.54) is 4.68 Å². The summed E-state index contributed by atoms with van der Waals surface area (Å²) in [4.78, 5) is 0. The third kappa shape index (κ3) is 2.33. The first-order valence-electron chi connectivity index (χ1n) is 6.16. The van der Waals surface area contributed by atoms with Gasteiger partial charge in [0, 0.05) is 17.3 Å². The van der Waals surface area contributed by atoms with Crippen LogP contribution < -0.4 is 5.73 Å². The molecule has 0 aliphatic heterocycles. The molecule has 0 radical (unpaired) electrons. The summed E-state index contributed by atoms with van der Waals surface area (Å²) in [6.45, 7) is 1.93. The summed E-state index contributed by atoms with van der Waals surface area (Å²) in [7, 11) is 0. The number of nitrogen functional groups attached to an aromatic ring is 1. The molecule has 3 rings (SSSR count).